The maximum atomic E-state index is 12.7. The average molecular weight is 341 g/mol. The number of alkyl halides is 3. The maximum absolute atomic E-state index is 12.7. The van der Waals surface area contributed by atoms with Crippen molar-refractivity contribution in [2.45, 2.75) is 32.5 Å². The van der Waals surface area contributed by atoms with Gasteiger partial charge in [-0.15, -0.1) is 0 Å². The average Bonchev–Trinajstić information content (AvgIpc) is 3.11. The number of furan rings is 1. The van der Waals surface area contributed by atoms with Crippen molar-refractivity contribution in [2.24, 2.45) is 5.92 Å². The van der Waals surface area contributed by atoms with Crippen LogP contribution < -0.4 is 0 Å². The molecule has 3 heterocycles. The normalized spacial score (nSPS) is 17.6. The molecule has 0 saturated heterocycles. The zero-order chi connectivity index (χ0) is 17.5. The third kappa shape index (κ3) is 3.18. The lowest BCUT2D eigenvalue weighted by Gasteiger charge is -2.28. The Morgan fingerprint density at radius 1 is 1.50 bits per heavy atom. The zero-order valence-corrected chi connectivity index (χ0v) is 13.4. The molecule has 0 N–H and O–H groups in total. The third-order valence-corrected chi connectivity index (χ3v) is 4.35. The van der Waals surface area contributed by atoms with E-state index in [4.69, 9.17) is 4.42 Å². The molecule has 5 nitrogen and oxygen atoms in total. The summed E-state index contributed by atoms with van der Waals surface area (Å²) in [6, 6.07) is 1.62. The Bertz CT molecular complexity index is 748. The van der Waals surface area contributed by atoms with Crippen molar-refractivity contribution in [3.8, 4) is 0 Å². The van der Waals surface area contributed by atoms with Crippen LogP contribution in [0.1, 0.15) is 34.1 Å². The lowest BCUT2D eigenvalue weighted by Crippen LogP contribution is -2.35. The number of imidazole rings is 1. The summed E-state index contributed by atoms with van der Waals surface area (Å²) in [4.78, 5) is 17.6. The molecule has 1 aliphatic rings. The number of hydrogen-bond donors (Lipinski definition) is 0. The molecule has 0 aromatic carbocycles. The molecule has 2 aromatic heterocycles. The number of aromatic nitrogens is 2. The molecule has 1 aliphatic heterocycles. The largest absolute Gasteiger partial charge is 0.469 e. The van der Waals surface area contributed by atoms with Gasteiger partial charge in [-0.1, -0.05) is 0 Å². The maximum Gasteiger partial charge on any atom is 0.434 e. The van der Waals surface area contributed by atoms with Crippen LogP contribution in [0.15, 0.2) is 22.9 Å². The molecule has 130 valence electrons. The summed E-state index contributed by atoms with van der Waals surface area (Å²) >= 11 is 0. The number of fused-ring (bicyclic) bond motifs is 1. The predicted molar refractivity (Wildman–Crippen MR) is 79.4 cm³/mol. The first-order chi connectivity index (χ1) is 11.3. The highest BCUT2D eigenvalue weighted by Crippen LogP contribution is 2.30. The van der Waals surface area contributed by atoms with E-state index in [9.17, 15) is 18.0 Å². The molecule has 2 aromatic rings. The van der Waals surface area contributed by atoms with Gasteiger partial charge in [0.05, 0.1) is 11.8 Å². The van der Waals surface area contributed by atoms with Crippen LogP contribution in [0, 0.1) is 12.8 Å². The van der Waals surface area contributed by atoms with Gasteiger partial charge in [-0.3, -0.25) is 4.79 Å². The second-order valence-electron chi connectivity index (χ2n) is 6.17. The van der Waals surface area contributed by atoms with Gasteiger partial charge in [-0.05, 0) is 25.3 Å². The predicted octanol–water partition coefficient (Wildman–Crippen LogP) is 3.14. The Labute approximate surface area is 137 Å². The molecule has 24 heavy (non-hydrogen) atoms. The molecular formula is C16H18F3N3O2. The van der Waals surface area contributed by atoms with Gasteiger partial charge in [0, 0.05) is 32.8 Å². The van der Waals surface area contributed by atoms with Crippen LogP contribution in [0.4, 0.5) is 13.2 Å². The second kappa shape index (κ2) is 5.99. The van der Waals surface area contributed by atoms with E-state index in [1.54, 1.807) is 29.5 Å². The quantitative estimate of drug-likeness (QED) is 0.862. The van der Waals surface area contributed by atoms with Gasteiger partial charge in [0.15, 0.2) is 5.69 Å². The highest BCUT2D eigenvalue weighted by molar-refractivity contribution is 5.94. The summed E-state index contributed by atoms with van der Waals surface area (Å²) in [6.07, 6.45) is -0.716. The molecule has 0 bridgehead atoms. The van der Waals surface area contributed by atoms with E-state index in [0.29, 0.717) is 43.1 Å². The van der Waals surface area contributed by atoms with Crippen LogP contribution in [-0.4, -0.2) is 34.0 Å². The molecule has 0 fully saturated rings. The van der Waals surface area contributed by atoms with Gasteiger partial charge in [0.25, 0.3) is 5.91 Å². The van der Waals surface area contributed by atoms with Crippen molar-refractivity contribution in [2.75, 3.05) is 13.6 Å². The van der Waals surface area contributed by atoms with Crippen LogP contribution in [0.5, 0.6) is 0 Å². The fourth-order valence-corrected chi connectivity index (χ4v) is 3.08. The van der Waals surface area contributed by atoms with Crippen LogP contribution in [0.3, 0.4) is 0 Å². The minimum atomic E-state index is -4.43. The summed E-state index contributed by atoms with van der Waals surface area (Å²) in [5.74, 6) is 0.961. The molecule has 0 radical (unpaired) electrons. The smallest absolute Gasteiger partial charge is 0.434 e. The van der Waals surface area contributed by atoms with Crippen molar-refractivity contribution in [1.82, 2.24) is 14.5 Å². The highest BCUT2D eigenvalue weighted by Gasteiger charge is 2.36. The summed E-state index contributed by atoms with van der Waals surface area (Å²) < 4.78 is 44.9. The van der Waals surface area contributed by atoms with E-state index in [2.05, 4.69) is 4.98 Å². The van der Waals surface area contributed by atoms with E-state index in [1.807, 2.05) is 0 Å². The first kappa shape index (κ1) is 16.6. The Hall–Kier alpha value is -2.25. The van der Waals surface area contributed by atoms with Gasteiger partial charge < -0.3 is 13.9 Å². The number of rotatable bonds is 3. The van der Waals surface area contributed by atoms with Crippen LogP contribution in [-0.2, 0) is 19.1 Å². The topological polar surface area (TPSA) is 51.3 Å². The number of carbonyl (C=O) groups excluding carboxylic acids is 1. The Morgan fingerprint density at radius 2 is 2.25 bits per heavy atom. The number of hydrogen-bond acceptors (Lipinski definition) is 3. The molecule has 8 heteroatoms. The van der Waals surface area contributed by atoms with Crippen molar-refractivity contribution < 1.29 is 22.4 Å². The minimum absolute atomic E-state index is 0.0916. The molecule has 3 rings (SSSR count). The SMILES string of the molecule is Cc1occc1C(=O)N(C)C[C@H]1CCc2nc(C(F)(F)F)cn2C1. The fourth-order valence-electron chi connectivity index (χ4n) is 3.08. The van der Waals surface area contributed by atoms with Gasteiger partial charge in [-0.25, -0.2) is 4.98 Å². The molecular weight excluding hydrogens is 323 g/mol. The first-order valence-corrected chi connectivity index (χ1v) is 7.68. The van der Waals surface area contributed by atoms with E-state index >= 15 is 0 Å². The monoisotopic (exact) mass is 341 g/mol. The van der Waals surface area contributed by atoms with E-state index in [0.717, 1.165) is 6.20 Å². The zero-order valence-electron chi connectivity index (χ0n) is 13.4. The van der Waals surface area contributed by atoms with Crippen molar-refractivity contribution in [1.29, 1.82) is 0 Å². The van der Waals surface area contributed by atoms with Crippen molar-refractivity contribution >= 4 is 5.91 Å². The Kier molecular flexibility index (Phi) is 4.15. The highest BCUT2D eigenvalue weighted by atomic mass is 19.4. The van der Waals surface area contributed by atoms with Crippen molar-refractivity contribution in [3.05, 3.63) is 41.4 Å². The fraction of sp³-hybridized carbons (Fsp3) is 0.500. The number of halogens is 3. The van der Waals surface area contributed by atoms with Crippen LogP contribution in [0.2, 0.25) is 0 Å². The van der Waals surface area contributed by atoms with Crippen LogP contribution >= 0.6 is 0 Å². The summed E-state index contributed by atoms with van der Waals surface area (Å²) in [5.41, 5.74) is -0.340. The molecule has 1 atom stereocenters. The lowest BCUT2D eigenvalue weighted by molar-refractivity contribution is -0.141. The van der Waals surface area contributed by atoms with Crippen LogP contribution in [0.25, 0.3) is 0 Å². The van der Waals surface area contributed by atoms with Gasteiger partial charge in [0.1, 0.15) is 11.6 Å². The first-order valence-electron chi connectivity index (χ1n) is 7.68. The molecule has 1 amide bonds. The van der Waals surface area contributed by atoms with Gasteiger partial charge in [0.2, 0.25) is 0 Å². The molecule has 0 unspecified atom stereocenters. The summed E-state index contributed by atoms with van der Waals surface area (Å²) in [5, 5.41) is 0. The summed E-state index contributed by atoms with van der Waals surface area (Å²) in [6.45, 7) is 2.63. The lowest BCUT2D eigenvalue weighted by atomic mass is 9.98. The summed E-state index contributed by atoms with van der Waals surface area (Å²) in [7, 11) is 1.69. The minimum Gasteiger partial charge on any atom is -0.469 e. The number of amides is 1. The Morgan fingerprint density at radius 3 is 2.88 bits per heavy atom. The van der Waals surface area contributed by atoms with E-state index in [1.165, 1.54) is 6.26 Å². The standard InChI is InChI=1S/C16H18F3N3O2/c1-10-12(5-6-24-10)15(23)21(2)7-11-3-4-14-20-13(16(17,18)19)9-22(14)8-11/h5-6,9,11H,3-4,7-8H2,1-2H3/t11-/m1/s1. The second-order valence-corrected chi connectivity index (χ2v) is 6.17. The molecule has 0 saturated carbocycles. The van der Waals surface area contributed by atoms with Gasteiger partial charge >= 0.3 is 6.18 Å². The Balaban J connectivity index is 1.66. The van der Waals surface area contributed by atoms with Crippen molar-refractivity contribution in [3.63, 3.8) is 0 Å². The van der Waals surface area contributed by atoms with Gasteiger partial charge in [-0.2, -0.15) is 13.2 Å². The number of aryl methyl sites for hydroxylation is 2. The molecule has 0 aliphatic carbocycles. The third-order valence-electron chi connectivity index (χ3n) is 4.35. The number of nitrogens with zero attached hydrogens (tertiary/aromatic N) is 3. The number of carbonyl (C=O) groups is 1. The molecule has 0 spiro atoms. The van der Waals surface area contributed by atoms with E-state index < -0.39 is 11.9 Å². The van der Waals surface area contributed by atoms with E-state index in [-0.39, 0.29) is 11.8 Å².